The molecule has 0 aliphatic heterocycles. The van der Waals surface area contributed by atoms with Gasteiger partial charge in [-0.2, -0.15) is 0 Å². The second-order valence-corrected chi connectivity index (χ2v) is 6.31. The molecule has 22 heavy (non-hydrogen) atoms. The van der Waals surface area contributed by atoms with Crippen LogP contribution < -0.4 is 10.6 Å². The lowest BCUT2D eigenvalue weighted by atomic mass is 9.86. The fraction of sp³-hybridized carbons (Fsp3) is 0.333. The van der Waals surface area contributed by atoms with Crippen molar-refractivity contribution >= 4 is 11.6 Å². The number of rotatable bonds is 5. The number of carbonyl (C=O) groups excluding carboxylic acids is 1. The highest BCUT2D eigenvalue weighted by molar-refractivity contribution is 5.93. The minimum Gasteiger partial charge on any atom is -0.325 e. The molecule has 0 saturated heterocycles. The Bertz CT molecular complexity index is 618. The van der Waals surface area contributed by atoms with Crippen LogP contribution in [0, 0.1) is 0 Å². The van der Waals surface area contributed by atoms with Crippen LogP contribution in [-0.4, -0.2) is 17.4 Å². The summed E-state index contributed by atoms with van der Waals surface area (Å²) in [5, 5.41) is 6.11. The molecule has 4 heteroatoms. The summed E-state index contributed by atoms with van der Waals surface area (Å²) >= 11 is 0. The number of hydrogen-bond donors (Lipinski definition) is 2. The number of pyridine rings is 1. The van der Waals surface area contributed by atoms with Crippen LogP contribution in [0.25, 0.3) is 0 Å². The zero-order valence-electron chi connectivity index (χ0n) is 13.4. The summed E-state index contributed by atoms with van der Waals surface area (Å²) in [4.78, 5) is 16.1. The lowest BCUT2D eigenvalue weighted by Gasteiger charge is -2.23. The number of nitrogens with zero attached hydrogens (tertiary/aromatic N) is 1. The van der Waals surface area contributed by atoms with E-state index in [4.69, 9.17) is 0 Å². The Morgan fingerprint density at radius 2 is 1.91 bits per heavy atom. The highest BCUT2D eigenvalue weighted by Gasteiger charge is 2.18. The van der Waals surface area contributed by atoms with Crippen molar-refractivity contribution in [2.24, 2.45) is 0 Å². The van der Waals surface area contributed by atoms with Crippen molar-refractivity contribution in [3.8, 4) is 0 Å². The lowest BCUT2D eigenvalue weighted by Crippen LogP contribution is -2.28. The third-order valence-electron chi connectivity index (χ3n) is 3.35. The van der Waals surface area contributed by atoms with Crippen molar-refractivity contribution in [2.75, 3.05) is 11.9 Å². The van der Waals surface area contributed by atoms with E-state index < -0.39 is 0 Å². The number of nitrogens with one attached hydrogen (secondary N) is 2. The van der Waals surface area contributed by atoms with Gasteiger partial charge in [-0.25, -0.2) is 0 Å². The van der Waals surface area contributed by atoms with Gasteiger partial charge in [-0.1, -0.05) is 45.0 Å². The Morgan fingerprint density at radius 1 is 1.14 bits per heavy atom. The number of para-hydroxylation sites is 1. The van der Waals surface area contributed by atoms with Crippen LogP contribution >= 0.6 is 0 Å². The van der Waals surface area contributed by atoms with E-state index in [0.717, 1.165) is 16.8 Å². The molecule has 0 spiro atoms. The van der Waals surface area contributed by atoms with Crippen LogP contribution in [0.5, 0.6) is 0 Å². The molecule has 4 nitrogen and oxygen atoms in total. The van der Waals surface area contributed by atoms with E-state index in [2.05, 4.69) is 42.5 Å². The zero-order chi connectivity index (χ0) is 16.0. The number of amides is 1. The number of anilines is 1. The fourth-order valence-corrected chi connectivity index (χ4v) is 2.26. The first-order chi connectivity index (χ1) is 10.5. The second-order valence-electron chi connectivity index (χ2n) is 6.31. The van der Waals surface area contributed by atoms with Crippen molar-refractivity contribution in [3.63, 3.8) is 0 Å². The summed E-state index contributed by atoms with van der Waals surface area (Å²) in [6.07, 6.45) is 3.53. The lowest BCUT2D eigenvalue weighted by molar-refractivity contribution is -0.115. The first-order valence-corrected chi connectivity index (χ1v) is 7.46. The average Bonchev–Trinajstić information content (AvgIpc) is 2.48. The number of benzene rings is 1. The summed E-state index contributed by atoms with van der Waals surface area (Å²) in [5.41, 5.74) is 3.07. The van der Waals surface area contributed by atoms with E-state index in [1.807, 2.05) is 30.3 Å². The van der Waals surface area contributed by atoms with Gasteiger partial charge in [0.1, 0.15) is 0 Å². The normalized spacial score (nSPS) is 11.2. The third kappa shape index (κ3) is 4.67. The fourth-order valence-electron chi connectivity index (χ4n) is 2.26. The molecule has 0 aliphatic carbocycles. The molecule has 2 N–H and O–H groups in total. The number of aromatic nitrogens is 1. The van der Waals surface area contributed by atoms with E-state index in [9.17, 15) is 4.79 Å². The Labute approximate surface area is 132 Å². The molecule has 1 aromatic carbocycles. The monoisotopic (exact) mass is 297 g/mol. The molecule has 0 aliphatic rings. The SMILES string of the molecule is CC(C)(C)c1ccccc1NC(=O)CNCc1cccnc1. The standard InChI is InChI=1S/C18H23N3O/c1-18(2,3)15-8-4-5-9-16(15)21-17(22)13-20-12-14-7-6-10-19-11-14/h4-11,20H,12-13H2,1-3H3,(H,21,22). The van der Waals surface area contributed by atoms with Crippen molar-refractivity contribution in [1.29, 1.82) is 0 Å². The minimum absolute atomic E-state index is 0.00693. The highest BCUT2D eigenvalue weighted by Crippen LogP contribution is 2.29. The van der Waals surface area contributed by atoms with Gasteiger partial charge in [0.25, 0.3) is 0 Å². The zero-order valence-corrected chi connectivity index (χ0v) is 13.4. The molecule has 0 fully saturated rings. The summed E-state index contributed by atoms with van der Waals surface area (Å²) in [6.45, 7) is 7.31. The Hall–Kier alpha value is -2.20. The van der Waals surface area contributed by atoms with Crippen molar-refractivity contribution < 1.29 is 4.79 Å². The molecule has 2 aromatic rings. The van der Waals surface area contributed by atoms with Gasteiger partial charge in [0.05, 0.1) is 6.54 Å². The quantitative estimate of drug-likeness (QED) is 0.891. The molecule has 1 aromatic heterocycles. The van der Waals surface area contributed by atoms with Crippen molar-refractivity contribution in [1.82, 2.24) is 10.3 Å². The van der Waals surface area contributed by atoms with E-state index in [0.29, 0.717) is 6.54 Å². The molecular formula is C18H23N3O. The Morgan fingerprint density at radius 3 is 2.59 bits per heavy atom. The van der Waals surface area contributed by atoms with Gasteiger partial charge < -0.3 is 10.6 Å². The molecule has 0 saturated carbocycles. The molecule has 116 valence electrons. The van der Waals surface area contributed by atoms with E-state index in [1.54, 1.807) is 12.4 Å². The van der Waals surface area contributed by atoms with Crippen LogP contribution in [0.4, 0.5) is 5.69 Å². The second kappa shape index (κ2) is 7.18. The Balaban J connectivity index is 1.90. The van der Waals surface area contributed by atoms with Gasteiger partial charge in [0.15, 0.2) is 0 Å². The van der Waals surface area contributed by atoms with E-state index in [1.165, 1.54) is 0 Å². The molecule has 2 rings (SSSR count). The van der Waals surface area contributed by atoms with Gasteiger partial charge >= 0.3 is 0 Å². The molecule has 1 amide bonds. The van der Waals surface area contributed by atoms with Gasteiger partial charge in [-0.3, -0.25) is 9.78 Å². The van der Waals surface area contributed by atoms with Gasteiger partial charge in [0.2, 0.25) is 5.91 Å². The molecular weight excluding hydrogens is 274 g/mol. The van der Waals surface area contributed by atoms with Gasteiger partial charge in [-0.05, 0) is 28.7 Å². The maximum atomic E-state index is 12.1. The maximum Gasteiger partial charge on any atom is 0.238 e. The average molecular weight is 297 g/mol. The molecule has 0 radical (unpaired) electrons. The van der Waals surface area contributed by atoms with E-state index in [-0.39, 0.29) is 17.9 Å². The summed E-state index contributed by atoms with van der Waals surface area (Å²) in [5.74, 6) is -0.0411. The van der Waals surface area contributed by atoms with Crippen LogP contribution in [0.3, 0.4) is 0 Å². The first-order valence-electron chi connectivity index (χ1n) is 7.46. The summed E-state index contributed by atoms with van der Waals surface area (Å²) in [7, 11) is 0. The highest BCUT2D eigenvalue weighted by atomic mass is 16.1. The van der Waals surface area contributed by atoms with Crippen molar-refractivity contribution in [3.05, 3.63) is 59.9 Å². The first kappa shape index (κ1) is 16.2. The smallest absolute Gasteiger partial charge is 0.238 e. The molecule has 0 unspecified atom stereocenters. The number of carbonyl (C=O) groups is 1. The van der Waals surface area contributed by atoms with Gasteiger partial charge in [-0.15, -0.1) is 0 Å². The van der Waals surface area contributed by atoms with Crippen LogP contribution in [0.15, 0.2) is 48.8 Å². The molecule has 1 heterocycles. The maximum absolute atomic E-state index is 12.1. The van der Waals surface area contributed by atoms with Gasteiger partial charge in [0, 0.05) is 24.6 Å². The van der Waals surface area contributed by atoms with Crippen LogP contribution in [0.2, 0.25) is 0 Å². The number of hydrogen-bond acceptors (Lipinski definition) is 3. The van der Waals surface area contributed by atoms with Crippen molar-refractivity contribution in [2.45, 2.75) is 32.7 Å². The summed E-state index contributed by atoms with van der Waals surface area (Å²) < 4.78 is 0. The Kier molecular flexibility index (Phi) is 5.28. The predicted octanol–water partition coefficient (Wildman–Crippen LogP) is 3.11. The predicted molar refractivity (Wildman–Crippen MR) is 89.7 cm³/mol. The summed E-state index contributed by atoms with van der Waals surface area (Å²) in [6, 6.07) is 11.8. The molecule has 0 bridgehead atoms. The van der Waals surface area contributed by atoms with Crippen LogP contribution in [-0.2, 0) is 16.8 Å². The largest absolute Gasteiger partial charge is 0.325 e. The van der Waals surface area contributed by atoms with E-state index >= 15 is 0 Å². The molecule has 0 atom stereocenters. The topological polar surface area (TPSA) is 54.0 Å². The van der Waals surface area contributed by atoms with Crippen LogP contribution in [0.1, 0.15) is 31.9 Å². The minimum atomic E-state index is -0.0411. The third-order valence-corrected chi connectivity index (χ3v) is 3.35.